The predicted octanol–water partition coefficient (Wildman–Crippen LogP) is 4.36. The maximum Gasteiger partial charge on any atom is 0.0580 e. The summed E-state index contributed by atoms with van der Waals surface area (Å²) in [6, 6.07) is 6.61. The third-order valence-electron chi connectivity index (χ3n) is 2.03. The molecule has 0 saturated heterocycles. The van der Waals surface area contributed by atoms with Crippen molar-refractivity contribution in [1.29, 1.82) is 0 Å². The third-order valence-corrected chi connectivity index (χ3v) is 4.08. The molecule has 0 aliphatic rings. The normalized spacial score (nSPS) is 11.0. The second-order valence-electron chi connectivity index (χ2n) is 2.92. The molecule has 2 aromatic rings. The lowest BCUT2D eigenvalue weighted by atomic mass is 10.1. The smallest absolute Gasteiger partial charge is 0.0580 e. The molecule has 1 heterocycles. The lowest BCUT2D eigenvalue weighted by Gasteiger charge is -1.99. The molecule has 0 spiro atoms. The number of fused-ring (bicyclic) bond motifs is 1. The standard InChI is InChI=1S/C10H9IS2/c1-2-6-3-8(11)4-7-5-9(12)13-10(6)7/h3-5,12H,2H2,1H3. The van der Waals surface area contributed by atoms with E-state index in [4.69, 9.17) is 0 Å². The molecule has 0 nitrogen and oxygen atoms in total. The molecule has 0 radical (unpaired) electrons. The van der Waals surface area contributed by atoms with Gasteiger partial charge in [0.15, 0.2) is 0 Å². The molecule has 68 valence electrons. The number of halogens is 1. The van der Waals surface area contributed by atoms with Crippen LogP contribution in [0.5, 0.6) is 0 Å². The van der Waals surface area contributed by atoms with Crippen molar-refractivity contribution in [3.8, 4) is 0 Å². The van der Waals surface area contributed by atoms with Gasteiger partial charge in [0.2, 0.25) is 0 Å². The second kappa shape index (κ2) is 3.79. The number of thiol groups is 1. The Hall–Kier alpha value is 0.260. The molecular formula is C10H9IS2. The van der Waals surface area contributed by atoms with E-state index in [1.54, 1.807) is 11.3 Å². The molecule has 0 unspecified atom stereocenters. The summed E-state index contributed by atoms with van der Waals surface area (Å²) < 4.78 is 3.81. The number of hydrogen-bond donors (Lipinski definition) is 1. The first-order valence-electron chi connectivity index (χ1n) is 4.11. The molecule has 0 aliphatic heterocycles. The van der Waals surface area contributed by atoms with Gasteiger partial charge in [-0.15, -0.1) is 24.0 Å². The Morgan fingerprint density at radius 3 is 2.85 bits per heavy atom. The Balaban J connectivity index is 2.80. The lowest BCUT2D eigenvalue weighted by Crippen LogP contribution is -1.81. The first-order chi connectivity index (χ1) is 6.20. The molecule has 3 heteroatoms. The zero-order valence-electron chi connectivity index (χ0n) is 7.17. The van der Waals surface area contributed by atoms with Gasteiger partial charge in [-0.2, -0.15) is 0 Å². The lowest BCUT2D eigenvalue weighted by molar-refractivity contribution is 1.16. The van der Waals surface area contributed by atoms with Crippen molar-refractivity contribution in [1.82, 2.24) is 0 Å². The molecule has 13 heavy (non-hydrogen) atoms. The van der Waals surface area contributed by atoms with Crippen molar-refractivity contribution < 1.29 is 0 Å². The third kappa shape index (κ3) is 1.87. The number of thiophene rings is 1. The van der Waals surface area contributed by atoms with Crippen molar-refractivity contribution in [2.75, 3.05) is 0 Å². The van der Waals surface area contributed by atoms with Crippen LogP contribution in [0.4, 0.5) is 0 Å². The zero-order valence-corrected chi connectivity index (χ0v) is 11.0. The number of benzene rings is 1. The first-order valence-corrected chi connectivity index (χ1v) is 6.46. The molecule has 0 fully saturated rings. The predicted molar refractivity (Wildman–Crippen MR) is 71.2 cm³/mol. The summed E-state index contributed by atoms with van der Waals surface area (Å²) in [5, 5.41) is 1.33. The van der Waals surface area contributed by atoms with Crippen LogP contribution in [0, 0.1) is 3.57 Å². The average molecular weight is 320 g/mol. The fourth-order valence-corrected chi connectivity index (χ4v) is 3.52. The van der Waals surface area contributed by atoms with Gasteiger partial charge in [-0.1, -0.05) is 6.92 Å². The molecule has 0 atom stereocenters. The summed E-state index contributed by atoms with van der Waals surface area (Å²) in [5.41, 5.74) is 1.44. The largest absolute Gasteiger partial charge is 0.133 e. The fourth-order valence-electron chi connectivity index (χ4n) is 1.43. The van der Waals surface area contributed by atoms with E-state index in [1.807, 2.05) is 0 Å². The minimum absolute atomic E-state index is 1.10. The molecule has 1 aromatic carbocycles. The van der Waals surface area contributed by atoms with Crippen molar-refractivity contribution in [3.63, 3.8) is 0 Å². The topological polar surface area (TPSA) is 0 Å². The molecule has 0 aliphatic carbocycles. The van der Waals surface area contributed by atoms with E-state index in [-0.39, 0.29) is 0 Å². The molecule has 1 aromatic heterocycles. The van der Waals surface area contributed by atoms with Crippen molar-refractivity contribution in [2.45, 2.75) is 17.6 Å². The SMILES string of the molecule is CCc1cc(I)cc2cc(S)sc12. The van der Waals surface area contributed by atoms with E-state index < -0.39 is 0 Å². The molecule has 0 amide bonds. The molecule has 0 N–H and O–H groups in total. The summed E-state index contributed by atoms with van der Waals surface area (Å²) >= 11 is 8.52. The summed E-state index contributed by atoms with van der Waals surface area (Å²) in [6.45, 7) is 2.20. The Kier molecular flexibility index (Phi) is 2.86. The molecular weight excluding hydrogens is 311 g/mol. The summed E-state index contributed by atoms with van der Waals surface area (Å²) in [6.07, 6.45) is 1.10. The maximum atomic E-state index is 4.38. The Morgan fingerprint density at radius 2 is 2.15 bits per heavy atom. The van der Waals surface area contributed by atoms with Gasteiger partial charge in [0.25, 0.3) is 0 Å². The Bertz CT molecular complexity index is 445. The van der Waals surface area contributed by atoms with E-state index in [0.29, 0.717) is 0 Å². The van der Waals surface area contributed by atoms with E-state index >= 15 is 0 Å². The second-order valence-corrected chi connectivity index (χ2v) is 6.00. The highest BCUT2D eigenvalue weighted by Crippen LogP contribution is 2.32. The van der Waals surface area contributed by atoms with Gasteiger partial charge in [-0.05, 0) is 58.2 Å². The molecule has 2 rings (SSSR count). The van der Waals surface area contributed by atoms with E-state index in [1.165, 1.54) is 19.2 Å². The highest BCUT2D eigenvalue weighted by molar-refractivity contribution is 14.1. The maximum absolute atomic E-state index is 4.38. The van der Waals surface area contributed by atoms with Crippen molar-refractivity contribution in [2.24, 2.45) is 0 Å². The fraction of sp³-hybridized carbons (Fsp3) is 0.200. The van der Waals surface area contributed by atoms with Crippen molar-refractivity contribution >= 4 is 56.6 Å². The summed E-state index contributed by atoms with van der Waals surface area (Å²) in [5.74, 6) is 0. The Labute approximate surface area is 101 Å². The van der Waals surface area contributed by atoms with Gasteiger partial charge in [0.1, 0.15) is 0 Å². The van der Waals surface area contributed by atoms with Crippen LogP contribution in [0.25, 0.3) is 10.1 Å². The summed E-state index contributed by atoms with van der Waals surface area (Å²) in [4.78, 5) is 0. The van der Waals surface area contributed by atoms with E-state index in [2.05, 4.69) is 60.3 Å². The minimum atomic E-state index is 1.10. The quantitative estimate of drug-likeness (QED) is 0.586. The number of rotatable bonds is 1. The first kappa shape index (κ1) is 9.80. The van der Waals surface area contributed by atoms with Gasteiger partial charge >= 0.3 is 0 Å². The van der Waals surface area contributed by atoms with Gasteiger partial charge in [0, 0.05) is 8.27 Å². The van der Waals surface area contributed by atoms with Crippen LogP contribution in [0.2, 0.25) is 0 Å². The van der Waals surface area contributed by atoms with Crippen LogP contribution < -0.4 is 0 Å². The highest BCUT2D eigenvalue weighted by Gasteiger charge is 2.04. The highest BCUT2D eigenvalue weighted by atomic mass is 127. The van der Waals surface area contributed by atoms with Gasteiger partial charge in [0.05, 0.1) is 4.21 Å². The van der Waals surface area contributed by atoms with Crippen LogP contribution in [0.15, 0.2) is 22.4 Å². The van der Waals surface area contributed by atoms with E-state index in [9.17, 15) is 0 Å². The van der Waals surface area contributed by atoms with Crippen LogP contribution in [0.1, 0.15) is 12.5 Å². The molecule has 0 bridgehead atoms. The average Bonchev–Trinajstić information content (AvgIpc) is 2.43. The van der Waals surface area contributed by atoms with Crippen LogP contribution >= 0.6 is 46.6 Å². The van der Waals surface area contributed by atoms with Crippen LogP contribution in [-0.4, -0.2) is 0 Å². The zero-order chi connectivity index (χ0) is 9.42. The van der Waals surface area contributed by atoms with Crippen molar-refractivity contribution in [3.05, 3.63) is 27.3 Å². The number of aryl methyl sites for hydroxylation is 1. The number of hydrogen-bond acceptors (Lipinski definition) is 2. The van der Waals surface area contributed by atoms with Gasteiger partial charge < -0.3 is 0 Å². The Morgan fingerprint density at radius 1 is 1.38 bits per heavy atom. The van der Waals surface area contributed by atoms with E-state index in [0.717, 1.165) is 10.6 Å². The summed E-state index contributed by atoms with van der Waals surface area (Å²) in [7, 11) is 0. The molecule has 0 saturated carbocycles. The van der Waals surface area contributed by atoms with Gasteiger partial charge in [-0.25, -0.2) is 0 Å². The minimum Gasteiger partial charge on any atom is -0.133 e. The van der Waals surface area contributed by atoms with Gasteiger partial charge in [-0.3, -0.25) is 0 Å². The van der Waals surface area contributed by atoms with Crippen LogP contribution in [-0.2, 0) is 6.42 Å². The monoisotopic (exact) mass is 320 g/mol. The van der Waals surface area contributed by atoms with Crippen LogP contribution in [0.3, 0.4) is 0 Å².